The Labute approximate surface area is 87.9 Å². The molecule has 0 saturated heterocycles. The lowest BCUT2D eigenvalue weighted by Gasteiger charge is -2.07. The van der Waals surface area contributed by atoms with Gasteiger partial charge in [0, 0.05) is 10.8 Å². The summed E-state index contributed by atoms with van der Waals surface area (Å²) < 4.78 is 10.1. The van der Waals surface area contributed by atoms with Crippen LogP contribution in [0.25, 0.3) is 10.8 Å². The van der Waals surface area contributed by atoms with E-state index in [1.807, 2.05) is 12.1 Å². The molecular formula is C12H11O3. The molecule has 0 amide bonds. The number of methoxy groups -OCH3 is 2. The van der Waals surface area contributed by atoms with Crippen molar-refractivity contribution >= 4 is 10.8 Å². The number of rotatable bonds is 2. The minimum atomic E-state index is -0.103. The summed E-state index contributed by atoms with van der Waals surface area (Å²) in [5, 5.41) is 13.3. The molecule has 0 aliphatic carbocycles. The van der Waals surface area contributed by atoms with Gasteiger partial charge in [-0.1, -0.05) is 12.1 Å². The summed E-state index contributed by atoms with van der Waals surface area (Å²) in [6, 6.07) is 8.88. The summed E-state index contributed by atoms with van der Waals surface area (Å²) in [6.45, 7) is 0. The van der Waals surface area contributed by atoms with Crippen LogP contribution >= 0.6 is 0 Å². The van der Waals surface area contributed by atoms with Gasteiger partial charge in [-0.3, -0.25) is 5.11 Å². The summed E-state index contributed by atoms with van der Waals surface area (Å²) in [5.74, 6) is 0.955. The van der Waals surface area contributed by atoms with Crippen LogP contribution in [-0.4, -0.2) is 14.2 Å². The fourth-order valence-corrected chi connectivity index (χ4v) is 1.62. The molecule has 0 aliphatic heterocycles. The second-order valence-corrected chi connectivity index (χ2v) is 3.15. The van der Waals surface area contributed by atoms with Crippen molar-refractivity contribution < 1.29 is 14.6 Å². The number of hydrogen-bond donors (Lipinski definition) is 0. The van der Waals surface area contributed by atoms with Crippen molar-refractivity contribution in [1.29, 1.82) is 0 Å². The number of hydrogen-bond acceptors (Lipinski definition) is 2. The summed E-state index contributed by atoms with van der Waals surface area (Å²) in [5.41, 5.74) is 0. The third-order valence-corrected chi connectivity index (χ3v) is 2.38. The summed E-state index contributed by atoms with van der Waals surface area (Å²) in [6.07, 6.45) is 0. The molecule has 0 aromatic heterocycles. The highest BCUT2D eigenvalue weighted by Crippen LogP contribution is 2.38. The summed E-state index contributed by atoms with van der Waals surface area (Å²) in [7, 11) is 3.08. The molecule has 0 bridgehead atoms. The Morgan fingerprint density at radius 2 is 1.60 bits per heavy atom. The van der Waals surface area contributed by atoms with Crippen LogP contribution in [0.1, 0.15) is 0 Å². The Morgan fingerprint density at radius 1 is 0.867 bits per heavy atom. The molecule has 15 heavy (non-hydrogen) atoms. The molecular weight excluding hydrogens is 192 g/mol. The Morgan fingerprint density at radius 3 is 2.27 bits per heavy atom. The summed E-state index contributed by atoms with van der Waals surface area (Å²) in [4.78, 5) is 0. The zero-order valence-electron chi connectivity index (χ0n) is 8.61. The molecule has 0 atom stereocenters. The first-order valence-electron chi connectivity index (χ1n) is 4.58. The third kappa shape index (κ3) is 1.46. The van der Waals surface area contributed by atoms with Crippen molar-refractivity contribution in [2.24, 2.45) is 0 Å². The third-order valence-electron chi connectivity index (χ3n) is 2.38. The lowest BCUT2D eigenvalue weighted by atomic mass is 10.1. The first kappa shape index (κ1) is 9.65. The normalized spacial score (nSPS) is 10.3. The Balaban J connectivity index is 2.78. The van der Waals surface area contributed by atoms with Crippen molar-refractivity contribution in [2.45, 2.75) is 0 Å². The molecule has 2 aromatic rings. The molecule has 77 valence electrons. The molecule has 0 aliphatic rings. The molecule has 1 radical (unpaired) electrons. The van der Waals surface area contributed by atoms with Gasteiger partial charge in [-0.25, -0.2) is 0 Å². The van der Waals surface area contributed by atoms with E-state index in [1.54, 1.807) is 25.3 Å². The summed E-state index contributed by atoms with van der Waals surface area (Å²) >= 11 is 0. The van der Waals surface area contributed by atoms with Crippen molar-refractivity contribution in [2.75, 3.05) is 14.2 Å². The van der Waals surface area contributed by atoms with Crippen molar-refractivity contribution in [1.82, 2.24) is 0 Å². The fourth-order valence-electron chi connectivity index (χ4n) is 1.62. The molecule has 0 heterocycles. The number of fused-ring (bicyclic) bond motifs is 1. The van der Waals surface area contributed by atoms with Gasteiger partial charge in [0.15, 0.2) is 5.75 Å². The van der Waals surface area contributed by atoms with Crippen LogP contribution in [0.4, 0.5) is 0 Å². The minimum Gasteiger partial charge on any atom is -0.496 e. The second-order valence-electron chi connectivity index (χ2n) is 3.15. The smallest absolute Gasteiger partial charge is 0.228 e. The van der Waals surface area contributed by atoms with Gasteiger partial charge in [0.25, 0.3) is 0 Å². The van der Waals surface area contributed by atoms with E-state index in [0.717, 1.165) is 5.39 Å². The van der Waals surface area contributed by atoms with Gasteiger partial charge in [0.1, 0.15) is 5.75 Å². The number of benzene rings is 2. The standard InChI is InChI=1S/C12H11O3/c1-14-10-5-3-4-9-8(10)6-7-11(15-2)12(9)13/h3-7H,1-2H3. The highest BCUT2D eigenvalue weighted by atomic mass is 16.5. The van der Waals surface area contributed by atoms with Gasteiger partial charge in [-0.15, -0.1) is 0 Å². The van der Waals surface area contributed by atoms with E-state index in [-0.39, 0.29) is 5.75 Å². The fraction of sp³-hybridized carbons (Fsp3) is 0.167. The van der Waals surface area contributed by atoms with Gasteiger partial charge >= 0.3 is 0 Å². The zero-order chi connectivity index (χ0) is 10.8. The van der Waals surface area contributed by atoms with Crippen LogP contribution in [0, 0.1) is 0 Å². The van der Waals surface area contributed by atoms with Crippen LogP contribution in [0.2, 0.25) is 0 Å². The van der Waals surface area contributed by atoms with E-state index < -0.39 is 0 Å². The van der Waals surface area contributed by atoms with E-state index in [2.05, 4.69) is 0 Å². The predicted octanol–water partition coefficient (Wildman–Crippen LogP) is 3.00. The SMILES string of the molecule is COc1ccc2c(OC)cccc2c1[O]. The largest absolute Gasteiger partial charge is 0.496 e. The topological polar surface area (TPSA) is 38.4 Å². The van der Waals surface area contributed by atoms with Crippen LogP contribution in [-0.2, 0) is 5.11 Å². The van der Waals surface area contributed by atoms with Gasteiger partial charge in [-0.05, 0) is 18.2 Å². The average molecular weight is 203 g/mol. The predicted molar refractivity (Wildman–Crippen MR) is 57.2 cm³/mol. The molecule has 0 N–H and O–H groups in total. The van der Waals surface area contributed by atoms with Gasteiger partial charge in [0.2, 0.25) is 5.75 Å². The Hall–Kier alpha value is -1.90. The lowest BCUT2D eigenvalue weighted by Crippen LogP contribution is -1.87. The van der Waals surface area contributed by atoms with Crippen molar-refractivity contribution in [3.05, 3.63) is 30.3 Å². The van der Waals surface area contributed by atoms with E-state index in [0.29, 0.717) is 16.9 Å². The van der Waals surface area contributed by atoms with Crippen LogP contribution in [0.3, 0.4) is 0 Å². The maximum atomic E-state index is 11.8. The van der Waals surface area contributed by atoms with E-state index in [1.165, 1.54) is 7.11 Å². The quantitative estimate of drug-likeness (QED) is 0.752. The van der Waals surface area contributed by atoms with Crippen molar-refractivity contribution in [3.8, 4) is 17.2 Å². The average Bonchev–Trinajstić information content (AvgIpc) is 2.29. The molecule has 0 unspecified atom stereocenters. The van der Waals surface area contributed by atoms with Gasteiger partial charge in [0.05, 0.1) is 14.2 Å². The first-order chi connectivity index (χ1) is 7.27. The molecule has 3 heteroatoms. The molecule has 3 nitrogen and oxygen atoms in total. The van der Waals surface area contributed by atoms with Crippen LogP contribution < -0.4 is 9.47 Å². The maximum Gasteiger partial charge on any atom is 0.228 e. The highest BCUT2D eigenvalue weighted by molar-refractivity contribution is 5.94. The van der Waals surface area contributed by atoms with E-state index in [4.69, 9.17) is 9.47 Å². The zero-order valence-corrected chi connectivity index (χ0v) is 8.61. The molecule has 0 fully saturated rings. The van der Waals surface area contributed by atoms with E-state index >= 15 is 0 Å². The highest BCUT2D eigenvalue weighted by Gasteiger charge is 2.10. The van der Waals surface area contributed by atoms with Crippen LogP contribution in [0.5, 0.6) is 17.2 Å². The maximum absolute atomic E-state index is 11.8. The second kappa shape index (κ2) is 3.69. The van der Waals surface area contributed by atoms with Gasteiger partial charge < -0.3 is 9.47 Å². The van der Waals surface area contributed by atoms with Gasteiger partial charge in [-0.2, -0.15) is 0 Å². The first-order valence-corrected chi connectivity index (χ1v) is 4.58. The number of ether oxygens (including phenoxy) is 2. The Kier molecular flexibility index (Phi) is 2.37. The van der Waals surface area contributed by atoms with Crippen molar-refractivity contribution in [3.63, 3.8) is 0 Å². The molecule has 0 saturated carbocycles. The molecule has 2 aromatic carbocycles. The molecule has 2 rings (SSSR count). The monoisotopic (exact) mass is 203 g/mol. The lowest BCUT2D eigenvalue weighted by molar-refractivity contribution is 0.320. The van der Waals surface area contributed by atoms with Crippen LogP contribution in [0.15, 0.2) is 30.3 Å². The molecule has 0 spiro atoms. The Bertz CT molecular complexity index is 491. The minimum absolute atomic E-state index is 0.103. The van der Waals surface area contributed by atoms with E-state index in [9.17, 15) is 5.11 Å².